The fourth-order valence-electron chi connectivity index (χ4n) is 3.02. The lowest BCUT2D eigenvalue weighted by molar-refractivity contribution is -0.179. The second-order valence-corrected chi connectivity index (χ2v) is 7.57. The van der Waals surface area contributed by atoms with E-state index in [-0.39, 0.29) is 31.0 Å². The SMILES string of the molecule is Fc1ccc2ccc3cc(C4OCC(I)CO4)c(F)c(F)c3c2c1F. The van der Waals surface area contributed by atoms with Crippen LogP contribution in [0.15, 0.2) is 30.3 Å². The first-order valence-electron chi connectivity index (χ1n) is 7.53. The van der Waals surface area contributed by atoms with Gasteiger partial charge in [0.25, 0.3) is 0 Å². The topological polar surface area (TPSA) is 18.5 Å². The molecule has 7 heteroatoms. The van der Waals surface area contributed by atoms with E-state index in [0.717, 1.165) is 6.07 Å². The molecule has 0 radical (unpaired) electrons. The predicted octanol–water partition coefficient (Wildman–Crippen LogP) is 5.40. The zero-order valence-corrected chi connectivity index (χ0v) is 14.8. The Kier molecular flexibility index (Phi) is 4.33. The molecule has 0 N–H and O–H groups in total. The van der Waals surface area contributed by atoms with E-state index in [1.165, 1.54) is 24.3 Å². The summed E-state index contributed by atoms with van der Waals surface area (Å²) < 4.78 is 68.2. The highest BCUT2D eigenvalue weighted by molar-refractivity contribution is 14.1. The average molecular weight is 462 g/mol. The van der Waals surface area contributed by atoms with E-state index < -0.39 is 29.6 Å². The van der Waals surface area contributed by atoms with Gasteiger partial charge in [-0.25, -0.2) is 17.6 Å². The number of benzene rings is 3. The van der Waals surface area contributed by atoms with Crippen molar-refractivity contribution in [2.45, 2.75) is 10.2 Å². The smallest absolute Gasteiger partial charge is 0.186 e. The van der Waals surface area contributed by atoms with Gasteiger partial charge in [0, 0.05) is 16.3 Å². The molecule has 1 aliphatic heterocycles. The number of rotatable bonds is 1. The summed E-state index contributed by atoms with van der Waals surface area (Å²) in [5.41, 5.74) is -0.0931. The Bertz CT molecular complexity index is 984. The van der Waals surface area contributed by atoms with E-state index in [2.05, 4.69) is 22.6 Å². The minimum Gasteiger partial charge on any atom is -0.347 e. The molecule has 0 aliphatic carbocycles. The van der Waals surface area contributed by atoms with Crippen LogP contribution in [0.25, 0.3) is 21.5 Å². The molecule has 2 nitrogen and oxygen atoms in total. The Balaban J connectivity index is 1.97. The van der Waals surface area contributed by atoms with Gasteiger partial charge in [-0.2, -0.15) is 0 Å². The maximum atomic E-state index is 14.8. The second kappa shape index (κ2) is 6.37. The number of alkyl halides is 1. The zero-order chi connectivity index (χ0) is 17.7. The van der Waals surface area contributed by atoms with Crippen LogP contribution in [0.5, 0.6) is 0 Å². The number of ether oxygens (including phenoxy) is 2. The van der Waals surface area contributed by atoms with Crippen LogP contribution in [0, 0.1) is 23.3 Å². The number of hydrogen-bond donors (Lipinski definition) is 0. The van der Waals surface area contributed by atoms with Crippen molar-refractivity contribution in [1.29, 1.82) is 0 Å². The van der Waals surface area contributed by atoms with Crippen LogP contribution in [0.4, 0.5) is 17.6 Å². The van der Waals surface area contributed by atoms with Crippen LogP contribution in [-0.4, -0.2) is 17.1 Å². The van der Waals surface area contributed by atoms with Crippen LogP contribution in [-0.2, 0) is 9.47 Å². The monoisotopic (exact) mass is 462 g/mol. The molecule has 4 rings (SSSR count). The summed E-state index contributed by atoms with van der Waals surface area (Å²) in [6, 6.07) is 6.70. The van der Waals surface area contributed by atoms with Crippen molar-refractivity contribution >= 4 is 44.1 Å². The van der Waals surface area contributed by atoms with Crippen LogP contribution >= 0.6 is 22.6 Å². The molecule has 0 saturated carbocycles. The van der Waals surface area contributed by atoms with Crippen molar-refractivity contribution in [1.82, 2.24) is 0 Å². The quantitative estimate of drug-likeness (QED) is 0.209. The van der Waals surface area contributed by atoms with Gasteiger partial charge in [0.1, 0.15) is 0 Å². The van der Waals surface area contributed by atoms with Crippen molar-refractivity contribution in [3.8, 4) is 0 Å². The summed E-state index contributed by atoms with van der Waals surface area (Å²) in [5.74, 6) is -4.74. The molecule has 0 amide bonds. The predicted molar refractivity (Wildman–Crippen MR) is 93.7 cm³/mol. The van der Waals surface area contributed by atoms with Crippen molar-refractivity contribution in [3.05, 3.63) is 59.2 Å². The molecule has 0 atom stereocenters. The van der Waals surface area contributed by atoms with Crippen LogP contribution in [0.3, 0.4) is 0 Å². The first-order chi connectivity index (χ1) is 12.0. The Morgan fingerprint density at radius 1 is 0.800 bits per heavy atom. The summed E-state index contributed by atoms with van der Waals surface area (Å²) in [7, 11) is 0. The van der Waals surface area contributed by atoms with E-state index in [1.807, 2.05) is 0 Å². The Labute approximate surface area is 153 Å². The third kappa shape index (κ3) is 2.78. The van der Waals surface area contributed by atoms with Crippen molar-refractivity contribution in [2.24, 2.45) is 0 Å². The average Bonchev–Trinajstić information content (AvgIpc) is 2.61. The molecule has 1 aliphatic rings. The van der Waals surface area contributed by atoms with E-state index in [4.69, 9.17) is 9.47 Å². The van der Waals surface area contributed by atoms with Gasteiger partial charge in [0.05, 0.1) is 17.1 Å². The minimum atomic E-state index is -1.24. The molecular formula is C18H11F4IO2. The summed E-state index contributed by atoms with van der Waals surface area (Å²) >= 11 is 2.14. The van der Waals surface area contributed by atoms with Gasteiger partial charge in [-0.1, -0.05) is 40.8 Å². The van der Waals surface area contributed by atoms with E-state index in [0.29, 0.717) is 13.2 Å². The maximum Gasteiger partial charge on any atom is 0.186 e. The maximum absolute atomic E-state index is 14.8. The molecule has 25 heavy (non-hydrogen) atoms. The number of fused-ring (bicyclic) bond motifs is 3. The lowest BCUT2D eigenvalue weighted by atomic mass is 9.98. The molecule has 130 valence electrons. The molecule has 1 fully saturated rings. The Morgan fingerprint density at radius 3 is 2.12 bits per heavy atom. The lowest BCUT2D eigenvalue weighted by Gasteiger charge is -2.27. The van der Waals surface area contributed by atoms with Crippen LogP contribution < -0.4 is 0 Å². The lowest BCUT2D eigenvalue weighted by Crippen LogP contribution is -2.27. The first kappa shape index (κ1) is 17.0. The van der Waals surface area contributed by atoms with E-state index in [9.17, 15) is 17.6 Å². The van der Waals surface area contributed by atoms with Crippen molar-refractivity contribution < 1.29 is 27.0 Å². The first-order valence-corrected chi connectivity index (χ1v) is 8.77. The van der Waals surface area contributed by atoms with Crippen LogP contribution in [0.2, 0.25) is 0 Å². The van der Waals surface area contributed by atoms with Gasteiger partial charge >= 0.3 is 0 Å². The van der Waals surface area contributed by atoms with Gasteiger partial charge in [0.15, 0.2) is 29.6 Å². The summed E-state index contributed by atoms with van der Waals surface area (Å²) in [6.07, 6.45) is -1.03. The van der Waals surface area contributed by atoms with Gasteiger partial charge in [0.2, 0.25) is 0 Å². The standard InChI is InChI=1S/C18H11F4IO2/c19-12-4-3-8-1-2-9-5-11(18-24-6-10(23)7-25-18)15(20)17(22)14(9)13(8)16(12)21/h1-5,10,18H,6-7H2. The molecule has 1 saturated heterocycles. The van der Waals surface area contributed by atoms with Crippen LogP contribution in [0.1, 0.15) is 11.9 Å². The normalized spacial score (nSPS) is 21.2. The van der Waals surface area contributed by atoms with Gasteiger partial charge in [-0.15, -0.1) is 0 Å². The fourth-order valence-corrected chi connectivity index (χ4v) is 3.44. The molecule has 3 aromatic rings. The van der Waals surface area contributed by atoms with Crippen molar-refractivity contribution in [2.75, 3.05) is 13.2 Å². The largest absolute Gasteiger partial charge is 0.347 e. The molecule has 0 bridgehead atoms. The molecule has 0 spiro atoms. The Morgan fingerprint density at radius 2 is 1.40 bits per heavy atom. The highest BCUT2D eigenvalue weighted by Crippen LogP contribution is 2.36. The van der Waals surface area contributed by atoms with Gasteiger partial charge in [-0.3, -0.25) is 0 Å². The molecule has 1 heterocycles. The molecule has 3 aromatic carbocycles. The highest BCUT2D eigenvalue weighted by atomic mass is 127. The number of hydrogen-bond acceptors (Lipinski definition) is 2. The second-order valence-electron chi connectivity index (χ2n) is 5.81. The molecular weight excluding hydrogens is 451 g/mol. The van der Waals surface area contributed by atoms with Gasteiger partial charge in [-0.05, 0) is 22.9 Å². The summed E-state index contributed by atoms with van der Waals surface area (Å²) in [6.45, 7) is 0.698. The Hall–Kier alpha value is -1.45. The minimum absolute atomic E-state index is 0.0931. The zero-order valence-electron chi connectivity index (χ0n) is 12.7. The fraction of sp³-hybridized carbons (Fsp3) is 0.222. The summed E-state index contributed by atoms with van der Waals surface area (Å²) in [4.78, 5) is 0. The highest BCUT2D eigenvalue weighted by Gasteiger charge is 2.28. The molecule has 0 aromatic heterocycles. The van der Waals surface area contributed by atoms with E-state index >= 15 is 0 Å². The molecule has 0 unspecified atom stereocenters. The van der Waals surface area contributed by atoms with E-state index in [1.54, 1.807) is 0 Å². The number of halogens is 5. The third-order valence-corrected chi connectivity index (χ3v) is 4.91. The van der Waals surface area contributed by atoms with Gasteiger partial charge < -0.3 is 9.47 Å². The third-order valence-electron chi connectivity index (χ3n) is 4.20. The van der Waals surface area contributed by atoms with Crippen molar-refractivity contribution in [3.63, 3.8) is 0 Å². The summed E-state index contributed by atoms with van der Waals surface area (Å²) in [5, 5.41) is -0.0401.